The molecule has 1 aromatic heterocycles. The van der Waals surface area contributed by atoms with Crippen molar-refractivity contribution >= 4 is 5.91 Å². The van der Waals surface area contributed by atoms with E-state index in [0.717, 1.165) is 26.2 Å². The Morgan fingerprint density at radius 2 is 2.16 bits per heavy atom. The Hall–Kier alpha value is -1.40. The van der Waals surface area contributed by atoms with Gasteiger partial charge in [0.1, 0.15) is 0 Å². The van der Waals surface area contributed by atoms with Crippen LogP contribution in [0.25, 0.3) is 0 Å². The third-order valence-corrected chi connectivity index (χ3v) is 3.49. The molecule has 1 aliphatic heterocycles. The van der Waals surface area contributed by atoms with Gasteiger partial charge in [0.25, 0.3) is 0 Å². The van der Waals surface area contributed by atoms with Crippen molar-refractivity contribution in [2.45, 2.75) is 32.5 Å². The molecule has 2 rings (SSSR count). The van der Waals surface area contributed by atoms with Crippen LogP contribution in [0, 0.1) is 0 Å². The monoisotopic (exact) mass is 265 g/mol. The van der Waals surface area contributed by atoms with Gasteiger partial charge in [0.15, 0.2) is 0 Å². The molecule has 0 spiro atoms. The molecule has 6 nitrogen and oxygen atoms in total. The van der Waals surface area contributed by atoms with Gasteiger partial charge in [0.05, 0.1) is 12.6 Å². The summed E-state index contributed by atoms with van der Waals surface area (Å²) in [6.45, 7) is 8.46. The van der Waals surface area contributed by atoms with E-state index in [1.807, 2.05) is 30.8 Å². The topological polar surface area (TPSA) is 62.2 Å². The predicted molar refractivity (Wildman–Crippen MR) is 73.7 cm³/mol. The molecule has 0 aliphatic carbocycles. The Bertz CT molecular complexity index is 386. The van der Waals surface area contributed by atoms with E-state index in [2.05, 4.69) is 20.6 Å². The molecule has 0 bridgehead atoms. The molecule has 106 valence electrons. The molecule has 6 heteroatoms. The average Bonchev–Trinajstić information content (AvgIpc) is 2.91. The molecule has 1 aromatic rings. The molecule has 2 unspecified atom stereocenters. The first kappa shape index (κ1) is 14.0. The molecular weight excluding hydrogens is 242 g/mol. The number of nitrogens with one attached hydrogen (secondary N) is 2. The zero-order valence-corrected chi connectivity index (χ0v) is 11.7. The number of rotatable bonds is 5. The number of aromatic nitrogens is 2. The number of carbonyl (C=O) groups is 1. The summed E-state index contributed by atoms with van der Waals surface area (Å²) >= 11 is 0. The number of nitrogens with zero attached hydrogens (tertiary/aromatic N) is 3. The molecule has 1 saturated heterocycles. The molecule has 0 saturated carbocycles. The van der Waals surface area contributed by atoms with Crippen molar-refractivity contribution in [1.82, 2.24) is 25.3 Å². The van der Waals surface area contributed by atoms with Crippen LogP contribution in [-0.4, -0.2) is 58.9 Å². The van der Waals surface area contributed by atoms with E-state index in [1.54, 1.807) is 6.20 Å². The molecule has 1 aliphatic rings. The first-order valence-electron chi connectivity index (χ1n) is 6.89. The van der Waals surface area contributed by atoms with Crippen molar-refractivity contribution in [3.63, 3.8) is 0 Å². The Kier molecular flexibility index (Phi) is 4.93. The second-order valence-corrected chi connectivity index (χ2v) is 5.10. The SMILES string of the molecule is CC(Cn1cccn1)NC(=O)C(C)N1CCNCC1. The van der Waals surface area contributed by atoms with E-state index in [1.165, 1.54) is 0 Å². The lowest BCUT2D eigenvalue weighted by molar-refractivity contribution is -0.126. The molecule has 1 fully saturated rings. The number of amides is 1. The smallest absolute Gasteiger partial charge is 0.237 e. The van der Waals surface area contributed by atoms with Crippen LogP contribution in [-0.2, 0) is 11.3 Å². The number of hydrogen-bond acceptors (Lipinski definition) is 4. The summed E-state index contributed by atoms with van der Waals surface area (Å²) in [6.07, 6.45) is 3.65. The normalized spacial score (nSPS) is 19.9. The van der Waals surface area contributed by atoms with Gasteiger partial charge in [-0.1, -0.05) is 0 Å². The zero-order valence-electron chi connectivity index (χ0n) is 11.7. The minimum atomic E-state index is -0.0674. The summed E-state index contributed by atoms with van der Waals surface area (Å²) < 4.78 is 1.83. The summed E-state index contributed by atoms with van der Waals surface area (Å²) in [7, 11) is 0. The van der Waals surface area contributed by atoms with Crippen LogP contribution >= 0.6 is 0 Å². The highest BCUT2D eigenvalue weighted by Crippen LogP contribution is 2.02. The largest absolute Gasteiger partial charge is 0.350 e. The first-order valence-corrected chi connectivity index (χ1v) is 6.89. The molecular formula is C13H23N5O. The third-order valence-electron chi connectivity index (χ3n) is 3.49. The fourth-order valence-electron chi connectivity index (χ4n) is 2.33. The van der Waals surface area contributed by atoms with Gasteiger partial charge in [-0.3, -0.25) is 14.4 Å². The highest BCUT2D eigenvalue weighted by atomic mass is 16.2. The lowest BCUT2D eigenvalue weighted by Crippen LogP contribution is -2.54. The summed E-state index contributed by atoms with van der Waals surface area (Å²) in [4.78, 5) is 14.4. The van der Waals surface area contributed by atoms with Crippen molar-refractivity contribution in [2.75, 3.05) is 26.2 Å². The second kappa shape index (κ2) is 6.68. The highest BCUT2D eigenvalue weighted by molar-refractivity contribution is 5.81. The number of carbonyl (C=O) groups excluding carboxylic acids is 1. The standard InChI is InChI=1S/C13H23N5O/c1-11(10-18-7-3-4-15-18)16-13(19)12(2)17-8-5-14-6-9-17/h3-4,7,11-12,14H,5-6,8-10H2,1-2H3,(H,16,19). The van der Waals surface area contributed by atoms with Crippen LogP contribution in [0.15, 0.2) is 18.5 Å². The van der Waals surface area contributed by atoms with E-state index in [9.17, 15) is 4.79 Å². The quantitative estimate of drug-likeness (QED) is 0.766. The molecule has 2 N–H and O–H groups in total. The Labute approximate surface area is 114 Å². The zero-order chi connectivity index (χ0) is 13.7. The van der Waals surface area contributed by atoms with Crippen LogP contribution < -0.4 is 10.6 Å². The van der Waals surface area contributed by atoms with Crippen molar-refractivity contribution in [1.29, 1.82) is 0 Å². The van der Waals surface area contributed by atoms with Crippen molar-refractivity contribution in [2.24, 2.45) is 0 Å². The summed E-state index contributed by atoms with van der Waals surface area (Å²) in [5.74, 6) is 0.0987. The van der Waals surface area contributed by atoms with Crippen molar-refractivity contribution in [3.05, 3.63) is 18.5 Å². The van der Waals surface area contributed by atoms with Gasteiger partial charge >= 0.3 is 0 Å². The molecule has 2 heterocycles. The van der Waals surface area contributed by atoms with E-state index >= 15 is 0 Å². The maximum absolute atomic E-state index is 12.2. The number of hydrogen-bond donors (Lipinski definition) is 2. The van der Waals surface area contributed by atoms with Crippen LogP contribution in [0.5, 0.6) is 0 Å². The number of piperazine rings is 1. The lowest BCUT2D eigenvalue weighted by Gasteiger charge is -2.32. The molecule has 1 amide bonds. The van der Waals surface area contributed by atoms with E-state index in [0.29, 0.717) is 6.54 Å². The van der Waals surface area contributed by atoms with E-state index in [-0.39, 0.29) is 18.0 Å². The van der Waals surface area contributed by atoms with Crippen molar-refractivity contribution in [3.8, 4) is 0 Å². The van der Waals surface area contributed by atoms with E-state index in [4.69, 9.17) is 0 Å². The maximum atomic E-state index is 12.2. The maximum Gasteiger partial charge on any atom is 0.237 e. The van der Waals surface area contributed by atoms with Gasteiger partial charge in [0, 0.05) is 44.6 Å². The van der Waals surface area contributed by atoms with Crippen LogP contribution in [0.1, 0.15) is 13.8 Å². The fourth-order valence-corrected chi connectivity index (χ4v) is 2.33. The van der Waals surface area contributed by atoms with Gasteiger partial charge < -0.3 is 10.6 Å². The molecule has 2 atom stereocenters. The molecule has 19 heavy (non-hydrogen) atoms. The van der Waals surface area contributed by atoms with Gasteiger partial charge in [-0.25, -0.2) is 0 Å². The minimum absolute atomic E-state index is 0.0674. The average molecular weight is 265 g/mol. The molecule has 0 aromatic carbocycles. The van der Waals surface area contributed by atoms with Gasteiger partial charge in [-0.15, -0.1) is 0 Å². The fraction of sp³-hybridized carbons (Fsp3) is 0.692. The first-order chi connectivity index (χ1) is 9.16. The Morgan fingerprint density at radius 3 is 2.79 bits per heavy atom. The highest BCUT2D eigenvalue weighted by Gasteiger charge is 2.23. The summed E-state index contributed by atoms with van der Waals surface area (Å²) in [6, 6.07) is 1.90. The summed E-state index contributed by atoms with van der Waals surface area (Å²) in [5, 5.41) is 10.5. The van der Waals surface area contributed by atoms with Crippen LogP contribution in [0.4, 0.5) is 0 Å². The van der Waals surface area contributed by atoms with Crippen LogP contribution in [0.3, 0.4) is 0 Å². The van der Waals surface area contributed by atoms with E-state index < -0.39 is 0 Å². The van der Waals surface area contributed by atoms with Gasteiger partial charge in [0.2, 0.25) is 5.91 Å². The Balaban J connectivity index is 1.79. The van der Waals surface area contributed by atoms with Gasteiger partial charge in [-0.05, 0) is 19.9 Å². The van der Waals surface area contributed by atoms with Gasteiger partial charge in [-0.2, -0.15) is 5.10 Å². The lowest BCUT2D eigenvalue weighted by atomic mass is 10.2. The van der Waals surface area contributed by atoms with Crippen molar-refractivity contribution < 1.29 is 4.79 Å². The predicted octanol–water partition coefficient (Wildman–Crippen LogP) is -0.318. The minimum Gasteiger partial charge on any atom is -0.350 e. The third kappa shape index (κ3) is 4.04. The summed E-state index contributed by atoms with van der Waals surface area (Å²) in [5.41, 5.74) is 0. The van der Waals surface area contributed by atoms with Crippen LogP contribution in [0.2, 0.25) is 0 Å². The Morgan fingerprint density at radius 1 is 1.42 bits per heavy atom. The molecule has 0 radical (unpaired) electrons. The second-order valence-electron chi connectivity index (χ2n) is 5.10.